The molecule has 3 aromatic rings. The minimum atomic E-state index is 0.481. The summed E-state index contributed by atoms with van der Waals surface area (Å²) in [5.41, 5.74) is 5.39. The summed E-state index contributed by atoms with van der Waals surface area (Å²) in [4.78, 5) is 0. The van der Waals surface area contributed by atoms with Crippen LogP contribution in [0.15, 0.2) is 54.6 Å². The van der Waals surface area contributed by atoms with E-state index in [0.717, 1.165) is 0 Å². The number of rotatable bonds is 0. The lowest BCUT2D eigenvalue weighted by atomic mass is 9.99. The van der Waals surface area contributed by atoms with Gasteiger partial charge in [0.15, 0.2) is 0 Å². The largest absolute Gasteiger partial charge is 0.192 e. The fraction of sp³-hybridized carbons (Fsp3) is 0. The zero-order valence-electron chi connectivity index (χ0n) is 15.5. The lowest BCUT2D eigenvalue weighted by molar-refractivity contribution is 1.45. The third kappa shape index (κ3) is 3.61. The van der Waals surface area contributed by atoms with Crippen molar-refractivity contribution in [3.63, 3.8) is 0 Å². The summed E-state index contributed by atoms with van der Waals surface area (Å²) < 4.78 is 0. The van der Waals surface area contributed by atoms with Crippen molar-refractivity contribution in [1.82, 2.24) is 0 Å². The van der Waals surface area contributed by atoms with Crippen LogP contribution >= 0.6 is 0 Å². The molecule has 1 aliphatic rings. The molecule has 0 heterocycles. The maximum atomic E-state index is 9.24. The Morgan fingerprint density at radius 3 is 0.933 bits per heavy atom. The van der Waals surface area contributed by atoms with Crippen LogP contribution in [0.4, 0.5) is 0 Å². The fourth-order valence-electron chi connectivity index (χ4n) is 2.88. The molecule has 0 spiro atoms. The van der Waals surface area contributed by atoms with Crippen molar-refractivity contribution < 1.29 is 0 Å². The van der Waals surface area contributed by atoms with Crippen LogP contribution in [0.2, 0.25) is 0 Å². The van der Waals surface area contributed by atoms with E-state index in [-0.39, 0.29) is 0 Å². The number of fused-ring (bicyclic) bond motifs is 3. The minimum absolute atomic E-state index is 0.481. The Labute approximate surface area is 174 Å². The van der Waals surface area contributed by atoms with Crippen molar-refractivity contribution in [2.75, 3.05) is 0 Å². The minimum Gasteiger partial charge on any atom is -0.192 e. The van der Waals surface area contributed by atoms with Gasteiger partial charge in [0.25, 0.3) is 0 Å². The molecule has 0 saturated heterocycles. The standard InChI is InChI=1S/C27H9N3/c28-16-19-1-4-22-7-8-23-5-2-20(17-29)14-26(23)11-12-27-15-21(18-30)3-6-24(27)9-10-25(22)13-19/h1-6,13-15H. The highest BCUT2D eigenvalue weighted by Gasteiger charge is 2.05. The molecule has 0 N–H and O–H groups in total. The van der Waals surface area contributed by atoms with Crippen LogP contribution in [-0.4, -0.2) is 0 Å². The van der Waals surface area contributed by atoms with Crippen LogP contribution in [0.3, 0.4) is 0 Å². The van der Waals surface area contributed by atoms with E-state index in [2.05, 4.69) is 53.7 Å². The Hall–Kier alpha value is -5.19. The van der Waals surface area contributed by atoms with Crippen LogP contribution in [-0.2, 0) is 0 Å². The summed E-state index contributed by atoms with van der Waals surface area (Å²) in [6.07, 6.45) is 0. The van der Waals surface area contributed by atoms with E-state index in [4.69, 9.17) is 0 Å². The van der Waals surface area contributed by atoms with Gasteiger partial charge in [0.2, 0.25) is 0 Å². The van der Waals surface area contributed by atoms with Gasteiger partial charge in [0.05, 0.1) is 34.9 Å². The molecular formula is C27H9N3. The van der Waals surface area contributed by atoms with E-state index in [9.17, 15) is 15.8 Å². The number of nitriles is 3. The van der Waals surface area contributed by atoms with Crippen molar-refractivity contribution in [3.05, 3.63) is 105 Å². The summed E-state index contributed by atoms with van der Waals surface area (Å²) >= 11 is 0. The molecule has 4 rings (SSSR count). The van der Waals surface area contributed by atoms with Crippen molar-refractivity contribution >= 4 is 0 Å². The van der Waals surface area contributed by atoms with Crippen LogP contribution in [0, 0.1) is 69.5 Å². The maximum absolute atomic E-state index is 9.24. The third-order valence-corrected chi connectivity index (χ3v) is 4.44. The van der Waals surface area contributed by atoms with Gasteiger partial charge in [0.1, 0.15) is 0 Å². The first kappa shape index (κ1) is 18.2. The third-order valence-electron chi connectivity index (χ3n) is 4.44. The van der Waals surface area contributed by atoms with Crippen molar-refractivity contribution in [2.24, 2.45) is 0 Å². The summed E-state index contributed by atoms with van der Waals surface area (Å²) in [7, 11) is 0. The molecule has 3 heteroatoms. The molecule has 0 atom stereocenters. The van der Waals surface area contributed by atoms with Gasteiger partial charge in [-0.05, 0) is 54.6 Å². The summed E-state index contributed by atoms with van der Waals surface area (Å²) in [6.45, 7) is 0. The second-order valence-electron chi connectivity index (χ2n) is 6.37. The van der Waals surface area contributed by atoms with Crippen LogP contribution in [0.25, 0.3) is 0 Å². The molecule has 0 saturated carbocycles. The number of nitrogens with zero attached hydrogens (tertiary/aromatic N) is 3. The first-order valence-corrected chi connectivity index (χ1v) is 8.88. The summed E-state index contributed by atoms with van der Waals surface area (Å²) in [6, 6.07) is 21.8. The molecule has 0 aromatic heterocycles. The van der Waals surface area contributed by atoms with E-state index in [1.165, 1.54) is 0 Å². The molecule has 0 fully saturated rings. The maximum Gasteiger partial charge on any atom is 0.0992 e. The molecule has 1 aliphatic carbocycles. The van der Waals surface area contributed by atoms with Gasteiger partial charge in [-0.25, -0.2) is 0 Å². The van der Waals surface area contributed by atoms with E-state index in [0.29, 0.717) is 50.1 Å². The van der Waals surface area contributed by atoms with Gasteiger partial charge in [0, 0.05) is 33.4 Å². The Bertz CT molecular complexity index is 1530. The van der Waals surface area contributed by atoms with Gasteiger partial charge in [-0.2, -0.15) is 15.8 Å². The Morgan fingerprint density at radius 2 is 0.667 bits per heavy atom. The molecule has 0 unspecified atom stereocenters. The molecule has 3 nitrogen and oxygen atoms in total. The SMILES string of the molecule is N#Cc1ccc2c(c1)C#Cc1ccc(C#N)cc1C#Cc1cc(C#N)ccc1C#C2. The molecule has 0 amide bonds. The second kappa shape index (κ2) is 7.82. The van der Waals surface area contributed by atoms with E-state index in [1.807, 2.05) is 0 Å². The van der Waals surface area contributed by atoms with Crippen molar-refractivity contribution in [2.45, 2.75) is 0 Å². The normalized spacial score (nSPS) is 9.90. The highest BCUT2D eigenvalue weighted by Crippen LogP contribution is 2.16. The monoisotopic (exact) mass is 375 g/mol. The fourth-order valence-corrected chi connectivity index (χ4v) is 2.88. The average Bonchev–Trinajstić information content (AvgIpc) is 2.79. The molecular weight excluding hydrogens is 366 g/mol. The first-order chi connectivity index (χ1) is 14.7. The van der Waals surface area contributed by atoms with Gasteiger partial charge in [-0.1, -0.05) is 35.5 Å². The van der Waals surface area contributed by atoms with Gasteiger partial charge in [-0.15, -0.1) is 0 Å². The van der Waals surface area contributed by atoms with E-state index in [1.54, 1.807) is 54.6 Å². The zero-order valence-corrected chi connectivity index (χ0v) is 15.5. The molecule has 3 aromatic carbocycles. The molecule has 0 aliphatic heterocycles. The quantitative estimate of drug-likeness (QED) is 0.439. The average molecular weight is 375 g/mol. The number of hydrogen-bond acceptors (Lipinski definition) is 3. The van der Waals surface area contributed by atoms with Crippen LogP contribution < -0.4 is 0 Å². The highest BCUT2D eigenvalue weighted by molar-refractivity contribution is 5.63. The summed E-state index contributed by atoms with van der Waals surface area (Å²) in [5.74, 6) is 18.6. The van der Waals surface area contributed by atoms with Gasteiger partial charge in [-0.3, -0.25) is 0 Å². The van der Waals surface area contributed by atoms with E-state index < -0.39 is 0 Å². The predicted octanol–water partition coefficient (Wildman–Crippen LogP) is 3.81. The second-order valence-corrected chi connectivity index (χ2v) is 6.37. The van der Waals surface area contributed by atoms with Crippen molar-refractivity contribution in [3.8, 4) is 53.7 Å². The van der Waals surface area contributed by atoms with Gasteiger partial charge < -0.3 is 0 Å². The molecule has 30 heavy (non-hydrogen) atoms. The smallest absolute Gasteiger partial charge is 0.0992 e. The Kier molecular flexibility index (Phi) is 4.74. The van der Waals surface area contributed by atoms with Crippen LogP contribution in [0.5, 0.6) is 0 Å². The van der Waals surface area contributed by atoms with Crippen molar-refractivity contribution in [1.29, 1.82) is 15.8 Å². The van der Waals surface area contributed by atoms with E-state index >= 15 is 0 Å². The predicted molar refractivity (Wildman–Crippen MR) is 111 cm³/mol. The number of benzene rings is 3. The highest BCUT2D eigenvalue weighted by atomic mass is 14.2. The zero-order chi connectivity index (χ0) is 20.9. The Balaban J connectivity index is 2.05. The molecule has 0 radical (unpaired) electrons. The van der Waals surface area contributed by atoms with Gasteiger partial charge >= 0.3 is 0 Å². The Morgan fingerprint density at radius 1 is 0.400 bits per heavy atom. The first-order valence-electron chi connectivity index (χ1n) is 8.88. The number of hydrogen-bond donors (Lipinski definition) is 0. The lowest BCUT2D eigenvalue weighted by Gasteiger charge is -2.02. The lowest BCUT2D eigenvalue weighted by Crippen LogP contribution is -1.92. The summed E-state index contributed by atoms with van der Waals surface area (Å²) in [5, 5.41) is 27.7. The topological polar surface area (TPSA) is 71.4 Å². The molecule has 132 valence electrons. The van der Waals surface area contributed by atoms with Crippen LogP contribution in [0.1, 0.15) is 50.1 Å². The molecule has 0 bridgehead atoms.